The maximum absolute atomic E-state index is 11.7. The lowest BCUT2D eigenvalue weighted by Crippen LogP contribution is -2.39. The van der Waals surface area contributed by atoms with Crippen LogP contribution in [0.5, 0.6) is 0 Å². The molecule has 2 rings (SSSR count). The first-order chi connectivity index (χ1) is 10.1. The van der Waals surface area contributed by atoms with E-state index in [0.717, 1.165) is 16.6 Å². The van der Waals surface area contributed by atoms with Crippen LogP contribution in [-0.4, -0.2) is 28.1 Å². The summed E-state index contributed by atoms with van der Waals surface area (Å²) >= 11 is 0. The third kappa shape index (κ3) is 4.32. The second-order valence-electron chi connectivity index (χ2n) is 5.27. The molecule has 0 saturated carbocycles. The van der Waals surface area contributed by atoms with E-state index < -0.39 is 6.04 Å². The van der Waals surface area contributed by atoms with Crippen molar-refractivity contribution in [2.45, 2.75) is 26.3 Å². The summed E-state index contributed by atoms with van der Waals surface area (Å²) in [6, 6.07) is 5.03. The van der Waals surface area contributed by atoms with Crippen LogP contribution in [0, 0.1) is 5.92 Å². The van der Waals surface area contributed by atoms with Crippen LogP contribution in [0.3, 0.4) is 0 Å². The molecule has 0 saturated heterocycles. The number of amides is 1. The van der Waals surface area contributed by atoms with Crippen LogP contribution in [0.15, 0.2) is 35.7 Å². The van der Waals surface area contributed by atoms with Crippen molar-refractivity contribution >= 4 is 23.2 Å². The Morgan fingerprint density at radius 1 is 1.33 bits per heavy atom. The predicted molar refractivity (Wildman–Crippen MR) is 82.7 cm³/mol. The molecule has 1 amide bonds. The van der Waals surface area contributed by atoms with Crippen LogP contribution in [0.1, 0.15) is 25.8 Å². The van der Waals surface area contributed by atoms with Crippen molar-refractivity contribution in [2.75, 3.05) is 0 Å². The summed E-state index contributed by atoms with van der Waals surface area (Å²) in [5.41, 5.74) is 10.7. The van der Waals surface area contributed by atoms with E-state index in [9.17, 15) is 4.79 Å². The third-order valence-electron chi connectivity index (χ3n) is 2.94. The van der Waals surface area contributed by atoms with Crippen molar-refractivity contribution in [3.8, 4) is 0 Å². The minimum absolute atomic E-state index is 0.277. The first kappa shape index (κ1) is 15.1. The molecule has 0 aliphatic rings. The summed E-state index contributed by atoms with van der Waals surface area (Å²) in [5.74, 6) is 0.0920. The standard InChI is InChI=1S/C15H19N5O/c1-10(2)7-12(16)15(21)20-19-9-11-3-4-13-14(8-11)18-6-5-17-13/h3-6,8-10,12H,7,16H2,1-2H3,(H,20,21)/b19-9-/t12-/m1/s1. The Morgan fingerprint density at radius 2 is 2.05 bits per heavy atom. The number of nitrogens with one attached hydrogen (secondary N) is 1. The fourth-order valence-electron chi connectivity index (χ4n) is 1.93. The van der Waals surface area contributed by atoms with Crippen molar-refractivity contribution in [3.05, 3.63) is 36.2 Å². The van der Waals surface area contributed by atoms with Gasteiger partial charge in [-0.05, 0) is 30.0 Å². The lowest BCUT2D eigenvalue weighted by Gasteiger charge is -2.11. The highest BCUT2D eigenvalue weighted by atomic mass is 16.2. The molecule has 0 unspecified atom stereocenters. The van der Waals surface area contributed by atoms with Gasteiger partial charge in [0.05, 0.1) is 23.3 Å². The Morgan fingerprint density at radius 3 is 2.76 bits per heavy atom. The number of nitrogens with two attached hydrogens (primary N) is 1. The van der Waals surface area contributed by atoms with Crippen LogP contribution in [0.25, 0.3) is 11.0 Å². The topological polar surface area (TPSA) is 93.3 Å². The molecule has 6 heteroatoms. The van der Waals surface area contributed by atoms with Gasteiger partial charge < -0.3 is 5.73 Å². The molecule has 3 N–H and O–H groups in total. The minimum atomic E-state index is -0.537. The van der Waals surface area contributed by atoms with Gasteiger partial charge in [0.2, 0.25) is 0 Å². The fourth-order valence-corrected chi connectivity index (χ4v) is 1.93. The molecular formula is C15H19N5O. The summed E-state index contributed by atoms with van der Waals surface area (Å²) in [4.78, 5) is 20.1. The van der Waals surface area contributed by atoms with Crippen molar-refractivity contribution in [3.63, 3.8) is 0 Å². The molecule has 6 nitrogen and oxygen atoms in total. The molecule has 21 heavy (non-hydrogen) atoms. The van der Waals surface area contributed by atoms with Crippen molar-refractivity contribution in [1.82, 2.24) is 15.4 Å². The number of hydrogen-bond donors (Lipinski definition) is 2. The first-order valence-corrected chi connectivity index (χ1v) is 6.85. The maximum Gasteiger partial charge on any atom is 0.256 e. The molecular weight excluding hydrogens is 266 g/mol. The summed E-state index contributed by atoms with van der Waals surface area (Å²) in [5, 5.41) is 3.92. The number of aromatic nitrogens is 2. The third-order valence-corrected chi connectivity index (χ3v) is 2.94. The Bertz CT molecular complexity index is 653. The maximum atomic E-state index is 11.7. The van der Waals surface area contributed by atoms with Crippen LogP contribution >= 0.6 is 0 Å². The van der Waals surface area contributed by atoms with Crippen LogP contribution in [-0.2, 0) is 4.79 Å². The lowest BCUT2D eigenvalue weighted by molar-refractivity contribution is -0.122. The average molecular weight is 285 g/mol. The van der Waals surface area contributed by atoms with Gasteiger partial charge in [0.25, 0.3) is 5.91 Å². The fraction of sp³-hybridized carbons (Fsp3) is 0.333. The van der Waals surface area contributed by atoms with Crippen molar-refractivity contribution < 1.29 is 4.79 Å². The van der Waals surface area contributed by atoms with E-state index in [1.807, 2.05) is 32.0 Å². The van der Waals surface area contributed by atoms with Gasteiger partial charge in [-0.25, -0.2) is 5.43 Å². The number of hydrazone groups is 1. The molecule has 0 fully saturated rings. The zero-order valence-electron chi connectivity index (χ0n) is 12.2. The highest BCUT2D eigenvalue weighted by Gasteiger charge is 2.13. The van der Waals surface area contributed by atoms with Gasteiger partial charge in [-0.15, -0.1) is 0 Å². The molecule has 0 aliphatic carbocycles. The van der Waals surface area contributed by atoms with E-state index in [2.05, 4.69) is 20.5 Å². The molecule has 1 atom stereocenters. The molecule has 0 bridgehead atoms. The van der Waals surface area contributed by atoms with Crippen LogP contribution in [0.2, 0.25) is 0 Å². The predicted octanol–water partition coefficient (Wildman–Crippen LogP) is 1.45. The Labute approximate surface area is 123 Å². The highest BCUT2D eigenvalue weighted by molar-refractivity contribution is 5.88. The molecule has 0 radical (unpaired) electrons. The number of benzene rings is 1. The summed E-state index contributed by atoms with van der Waals surface area (Å²) in [6.07, 6.45) is 5.48. The number of fused-ring (bicyclic) bond motifs is 1. The monoisotopic (exact) mass is 285 g/mol. The van der Waals surface area contributed by atoms with E-state index in [-0.39, 0.29) is 5.91 Å². The molecule has 1 heterocycles. The second kappa shape index (κ2) is 6.90. The summed E-state index contributed by atoms with van der Waals surface area (Å²) in [7, 11) is 0. The molecule has 1 aromatic carbocycles. The number of hydrogen-bond acceptors (Lipinski definition) is 5. The Hall–Kier alpha value is -2.34. The molecule has 0 spiro atoms. The molecule has 110 valence electrons. The van der Waals surface area contributed by atoms with Crippen LogP contribution in [0.4, 0.5) is 0 Å². The van der Waals surface area contributed by atoms with E-state index in [0.29, 0.717) is 12.3 Å². The molecule has 0 aliphatic heterocycles. The van der Waals surface area contributed by atoms with E-state index >= 15 is 0 Å². The van der Waals surface area contributed by atoms with Gasteiger partial charge >= 0.3 is 0 Å². The zero-order chi connectivity index (χ0) is 15.2. The van der Waals surface area contributed by atoms with Crippen LogP contribution < -0.4 is 11.2 Å². The van der Waals surface area contributed by atoms with Gasteiger partial charge in [0.15, 0.2) is 0 Å². The van der Waals surface area contributed by atoms with Gasteiger partial charge in [-0.1, -0.05) is 19.9 Å². The second-order valence-corrected chi connectivity index (χ2v) is 5.27. The number of carbonyl (C=O) groups is 1. The van der Waals surface area contributed by atoms with Gasteiger partial charge in [-0.2, -0.15) is 5.10 Å². The first-order valence-electron chi connectivity index (χ1n) is 6.85. The minimum Gasteiger partial charge on any atom is -0.320 e. The van der Waals surface area contributed by atoms with E-state index in [1.165, 1.54) is 0 Å². The molecule has 1 aromatic heterocycles. The van der Waals surface area contributed by atoms with Gasteiger partial charge in [-0.3, -0.25) is 14.8 Å². The summed E-state index contributed by atoms with van der Waals surface area (Å²) < 4.78 is 0. The Balaban J connectivity index is 1.98. The number of carbonyl (C=O) groups excluding carboxylic acids is 1. The van der Waals surface area contributed by atoms with Crippen molar-refractivity contribution in [2.24, 2.45) is 16.8 Å². The average Bonchev–Trinajstić information content (AvgIpc) is 2.46. The SMILES string of the molecule is CC(C)C[C@@H](N)C(=O)N/N=C\c1ccc2nccnc2c1. The lowest BCUT2D eigenvalue weighted by atomic mass is 10.0. The quantitative estimate of drug-likeness (QED) is 0.642. The molecule has 2 aromatic rings. The largest absolute Gasteiger partial charge is 0.320 e. The van der Waals surface area contributed by atoms with E-state index in [1.54, 1.807) is 18.6 Å². The van der Waals surface area contributed by atoms with Gasteiger partial charge in [0.1, 0.15) is 0 Å². The normalized spacial score (nSPS) is 13.0. The Kier molecular flexibility index (Phi) is 4.94. The summed E-state index contributed by atoms with van der Waals surface area (Å²) in [6.45, 7) is 4.04. The number of rotatable bonds is 5. The smallest absolute Gasteiger partial charge is 0.256 e. The van der Waals surface area contributed by atoms with E-state index in [4.69, 9.17) is 5.73 Å². The van der Waals surface area contributed by atoms with Gasteiger partial charge in [0, 0.05) is 12.4 Å². The number of nitrogens with zero attached hydrogens (tertiary/aromatic N) is 3. The highest BCUT2D eigenvalue weighted by Crippen LogP contribution is 2.09. The van der Waals surface area contributed by atoms with Crippen molar-refractivity contribution in [1.29, 1.82) is 0 Å². The zero-order valence-corrected chi connectivity index (χ0v) is 12.2.